The smallest absolute Gasteiger partial charge is 0.328 e. The molecule has 8 nitrogen and oxygen atoms in total. The molecule has 2 heterocycles. The number of ether oxygens (including phenoxy) is 1. The molecule has 27 heavy (non-hydrogen) atoms. The second-order valence-corrected chi connectivity index (χ2v) is 6.70. The van der Waals surface area contributed by atoms with Crippen molar-refractivity contribution >= 4 is 23.5 Å². The first-order valence-corrected chi connectivity index (χ1v) is 9.38. The Morgan fingerprint density at radius 1 is 1.26 bits per heavy atom. The molecule has 0 spiro atoms. The summed E-state index contributed by atoms with van der Waals surface area (Å²) in [6.45, 7) is 7.28. The van der Waals surface area contributed by atoms with Crippen LogP contribution in [0.5, 0.6) is 0 Å². The molecule has 2 aliphatic heterocycles. The Morgan fingerprint density at radius 3 is 2.74 bits per heavy atom. The zero-order valence-corrected chi connectivity index (χ0v) is 15.7. The molecule has 0 radical (unpaired) electrons. The average molecular weight is 374 g/mol. The highest BCUT2D eigenvalue weighted by Gasteiger charge is 2.34. The van der Waals surface area contributed by atoms with Crippen LogP contribution in [0.3, 0.4) is 0 Å². The van der Waals surface area contributed by atoms with E-state index in [0.717, 1.165) is 19.6 Å². The number of urea groups is 1. The summed E-state index contributed by atoms with van der Waals surface area (Å²) in [7, 11) is 0. The van der Waals surface area contributed by atoms with Gasteiger partial charge >= 0.3 is 6.03 Å². The molecule has 4 amide bonds. The number of anilines is 1. The van der Waals surface area contributed by atoms with Crippen molar-refractivity contribution in [3.63, 3.8) is 0 Å². The fourth-order valence-corrected chi connectivity index (χ4v) is 3.57. The van der Waals surface area contributed by atoms with Gasteiger partial charge in [-0.3, -0.25) is 24.7 Å². The molecule has 0 aromatic heterocycles. The quantitative estimate of drug-likeness (QED) is 0.774. The van der Waals surface area contributed by atoms with Gasteiger partial charge in [-0.1, -0.05) is 19.1 Å². The largest absolute Gasteiger partial charge is 0.375 e. The van der Waals surface area contributed by atoms with E-state index in [1.165, 1.54) is 4.90 Å². The Morgan fingerprint density at radius 2 is 2.04 bits per heavy atom. The van der Waals surface area contributed by atoms with Gasteiger partial charge in [0.2, 0.25) is 5.91 Å². The van der Waals surface area contributed by atoms with Crippen molar-refractivity contribution in [3.05, 3.63) is 29.8 Å². The molecule has 8 heteroatoms. The monoisotopic (exact) mass is 374 g/mol. The SMILES string of the molecule is CCO[C@H]1CN(CC)C[C@@H]1NC(=O)c1ccccc1N1CCC(=O)NC1=O. The van der Waals surface area contributed by atoms with Gasteiger partial charge in [0, 0.05) is 32.7 Å². The Bertz CT molecular complexity index is 723. The number of rotatable bonds is 6. The second-order valence-electron chi connectivity index (χ2n) is 6.70. The molecule has 2 atom stereocenters. The maximum Gasteiger partial charge on any atom is 0.328 e. The minimum atomic E-state index is -0.503. The van der Waals surface area contributed by atoms with Gasteiger partial charge in [-0.25, -0.2) is 4.79 Å². The second kappa shape index (κ2) is 8.49. The van der Waals surface area contributed by atoms with Gasteiger partial charge < -0.3 is 10.1 Å². The van der Waals surface area contributed by atoms with Crippen LogP contribution in [0.25, 0.3) is 0 Å². The number of para-hydroxylation sites is 1. The van der Waals surface area contributed by atoms with Crippen LogP contribution >= 0.6 is 0 Å². The molecule has 3 rings (SSSR count). The van der Waals surface area contributed by atoms with Gasteiger partial charge in [0.15, 0.2) is 0 Å². The van der Waals surface area contributed by atoms with E-state index in [4.69, 9.17) is 4.74 Å². The molecule has 0 aliphatic carbocycles. The predicted molar refractivity (Wildman–Crippen MR) is 101 cm³/mol. The number of nitrogens with one attached hydrogen (secondary N) is 2. The maximum atomic E-state index is 13.0. The van der Waals surface area contributed by atoms with Gasteiger partial charge in [0.05, 0.1) is 23.4 Å². The number of amides is 4. The zero-order chi connectivity index (χ0) is 19.4. The van der Waals surface area contributed by atoms with Crippen molar-refractivity contribution < 1.29 is 19.1 Å². The molecule has 2 N–H and O–H groups in total. The minimum absolute atomic E-state index is 0.0537. The number of imide groups is 1. The summed E-state index contributed by atoms with van der Waals surface area (Å²) in [4.78, 5) is 40.2. The summed E-state index contributed by atoms with van der Waals surface area (Å²) in [5, 5.41) is 5.36. The highest BCUT2D eigenvalue weighted by Crippen LogP contribution is 2.23. The van der Waals surface area contributed by atoms with Gasteiger partial charge in [0.25, 0.3) is 5.91 Å². The van der Waals surface area contributed by atoms with E-state index in [9.17, 15) is 14.4 Å². The molecule has 0 unspecified atom stereocenters. The van der Waals surface area contributed by atoms with Crippen molar-refractivity contribution in [2.75, 3.05) is 37.7 Å². The Balaban J connectivity index is 1.77. The summed E-state index contributed by atoms with van der Waals surface area (Å²) in [6.07, 6.45) is 0.157. The van der Waals surface area contributed by atoms with Gasteiger partial charge in [-0.2, -0.15) is 0 Å². The zero-order valence-electron chi connectivity index (χ0n) is 15.7. The summed E-state index contributed by atoms with van der Waals surface area (Å²) in [6, 6.07) is 6.33. The number of hydrogen-bond acceptors (Lipinski definition) is 5. The first kappa shape index (κ1) is 19.3. The third-order valence-corrected chi connectivity index (χ3v) is 4.98. The highest BCUT2D eigenvalue weighted by atomic mass is 16.5. The van der Waals surface area contributed by atoms with Gasteiger partial charge in [-0.05, 0) is 25.6 Å². The van der Waals surface area contributed by atoms with Crippen LogP contribution in [0.15, 0.2) is 24.3 Å². The summed E-state index contributed by atoms with van der Waals surface area (Å²) < 4.78 is 5.79. The molecular formula is C19H26N4O4. The first-order chi connectivity index (χ1) is 13.0. The van der Waals surface area contributed by atoms with E-state index in [1.807, 2.05) is 6.92 Å². The summed E-state index contributed by atoms with van der Waals surface area (Å²) >= 11 is 0. The van der Waals surface area contributed by atoms with E-state index in [0.29, 0.717) is 17.9 Å². The molecule has 2 saturated heterocycles. The first-order valence-electron chi connectivity index (χ1n) is 9.38. The van der Waals surface area contributed by atoms with Crippen LogP contribution in [0.4, 0.5) is 10.5 Å². The van der Waals surface area contributed by atoms with Crippen molar-refractivity contribution in [3.8, 4) is 0 Å². The maximum absolute atomic E-state index is 13.0. The standard InChI is InChI=1S/C19H26N4O4/c1-3-22-11-14(16(12-22)27-4-2)20-18(25)13-7-5-6-8-15(13)23-10-9-17(24)21-19(23)26/h5-8,14,16H,3-4,9-12H2,1-2H3,(H,20,25)(H,21,24,26)/t14-,16-/m0/s1. The van der Waals surface area contributed by atoms with E-state index >= 15 is 0 Å². The van der Waals surface area contributed by atoms with Crippen LogP contribution in [-0.4, -0.2) is 67.7 Å². The number of likely N-dealkylation sites (N-methyl/N-ethyl adjacent to an activating group) is 1. The van der Waals surface area contributed by atoms with Crippen molar-refractivity contribution in [1.82, 2.24) is 15.5 Å². The van der Waals surface area contributed by atoms with Crippen molar-refractivity contribution in [1.29, 1.82) is 0 Å². The predicted octanol–water partition coefficient (Wildman–Crippen LogP) is 0.972. The van der Waals surface area contributed by atoms with Crippen LogP contribution in [0.1, 0.15) is 30.6 Å². The average Bonchev–Trinajstić information content (AvgIpc) is 3.04. The lowest BCUT2D eigenvalue weighted by molar-refractivity contribution is -0.120. The molecule has 0 saturated carbocycles. The number of carbonyl (C=O) groups excluding carboxylic acids is 3. The fourth-order valence-electron chi connectivity index (χ4n) is 3.57. The normalized spacial score (nSPS) is 23.4. The summed E-state index contributed by atoms with van der Waals surface area (Å²) in [5.74, 6) is -0.550. The van der Waals surface area contributed by atoms with Crippen LogP contribution in [0.2, 0.25) is 0 Å². The van der Waals surface area contributed by atoms with E-state index in [1.54, 1.807) is 24.3 Å². The van der Waals surface area contributed by atoms with E-state index < -0.39 is 6.03 Å². The Kier molecular flexibility index (Phi) is 6.08. The summed E-state index contributed by atoms with van der Waals surface area (Å²) in [5.41, 5.74) is 0.908. The highest BCUT2D eigenvalue weighted by molar-refractivity contribution is 6.09. The van der Waals surface area contributed by atoms with Gasteiger partial charge in [0.1, 0.15) is 0 Å². The van der Waals surface area contributed by atoms with Crippen molar-refractivity contribution in [2.45, 2.75) is 32.4 Å². The van der Waals surface area contributed by atoms with Crippen LogP contribution < -0.4 is 15.5 Å². The van der Waals surface area contributed by atoms with E-state index in [-0.39, 0.29) is 36.9 Å². The molecule has 2 aliphatic rings. The molecule has 0 bridgehead atoms. The lowest BCUT2D eigenvalue weighted by Gasteiger charge is -2.28. The minimum Gasteiger partial charge on any atom is -0.375 e. The van der Waals surface area contributed by atoms with Crippen molar-refractivity contribution in [2.24, 2.45) is 0 Å². The molecular weight excluding hydrogens is 348 g/mol. The lowest BCUT2D eigenvalue weighted by atomic mass is 10.1. The molecule has 2 fully saturated rings. The lowest BCUT2D eigenvalue weighted by Crippen LogP contribution is -2.50. The Hall–Kier alpha value is -2.45. The Labute approximate surface area is 158 Å². The number of nitrogens with zero attached hydrogens (tertiary/aromatic N) is 2. The third-order valence-electron chi connectivity index (χ3n) is 4.98. The van der Waals surface area contributed by atoms with E-state index in [2.05, 4.69) is 22.5 Å². The molecule has 1 aromatic carbocycles. The number of likely N-dealkylation sites (tertiary alicyclic amines) is 1. The molecule has 146 valence electrons. The third kappa shape index (κ3) is 4.28. The van der Waals surface area contributed by atoms with Gasteiger partial charge in [-0.15, -0.1) is 0 Å². The molecule has 1 aromatic rings. The number of carbonyl (C=O) groups is 3. The topological polar surface area (TPSA) is 91.0 Å². The number of benzene rings is 1. The number of hydrogen-bond donors (Lipinski definition) is 2. The van der Waals surface area contributed by atoms with Crippen LogP contribution in [0, 0.1) is 0 Å². The fraction of sp³-hybridized carbons (Fsp3) is 0.526. The van der Waals surface area contributed by atoms with Crippen LogP contribution in [-0.2, 0) is 9.53 Å².